The van der Waals surface area contributed by atoms with Crippen LogP contribution in [0.5, 0.6) is 0 Å². The molecule has 0 heteroatoms. The Labute approximate surface area is 146 Å². The highest BCUT2D eigenvalue weighted by Gasteiger charge is 2.25. The van der Waals surface area contributed by atoms with Crippen LogP contribution in [0.3, 0.4) is 0 Å². The Morgan fingerprint density at radius 1 is 0.917 bits per heavy atom. The van der Waals surface area contributed by atoms with Crippen LogP contribution in [0.4, 0.5) is 0 Å². The van der Waals surface area contributed by atoms with Gasteiger partial charge in [-0.15, -0.1) is 0 Å². The molecular weight excluding hydrogens is 288 g/mol. The third-order valence-electron chi connectivity index (χ3n) is 5.05. The largest absolute Gasteiger partial charge is 0.0784 e. The van der Waals surface area contributed by atoms with Crippen LogP contribution in [0, 0.1) is 26.7 Å². The summed E-state index contributed by atoms with van der Waals surface area (Å²) < 4.78 is 0. The van der Waals surface area contributed by atoms with Crippen LogP contribution in [-0.4, -0.2) is 0 Å². The Hall–Kier alpha value is -2.08. The average molecular weight is 316 g/mol. The summed E-state index contributed by atoms with van der Waals surface area (Å²) in [5, 5.41) is 0. The second-order valence-electron chi connectivity index (χ2n) is 7.47. The van der Waals surface area contributed by atoms with E-state index in [9.17, 15) is 0 Å². The molecule has 124 valence electrons. The maximum absolute atomic E-state index is 2.41. The molecule has 0 N–H and O–H groups in total. The zero-order chi connectivity index (χ0) is 17.3. The van der Waals surface area contributed by atoms with Crippen LogP contribution in [-0.2, 0) is 0 Å². The van der Waals surface area contributed by atoms with Crippen molar-refractivity contribution in [3.8, 4) is 0 Å². The number of rotatable bonds is 3. The highest BCUT2D eigenvalue weighted by Crippen LogP contribution is 2.41. The van der Waals surface area contributed by atoms with E-state index in [1.807, 2.05) is 0 Å². The maximum atomic E-state index is 2.41. The molecule has 2 aromatic rings. The SMILES string of the molecule is CC1=CC(C)CC(C(c2ccccc2)c2c(C)cc(C)cc2C)=C1. The minimum Gasteiger partial charge on any atom is -0.0784 e. The highest BCUT2D eigenvalue weighted by atomic mass is 14.3. The van der Waals surface area contributed by atoms with Crippen molar-refractivity contribution in [2.75, 3.05) is 0 Å². The van der Waals surface area contributed by atoms with E-state index in [1.54, 1.807) is 5.57 Å². The molecule has 0 saturated carbocycles. The van der Waals surface area contributed by atoms with Crippen molar-refractivity contribution in [2.45, 2.75) is 47.0 Å². The summed E-state index contributed by atoms with van der Waals surface area (Å²) in [5.41, 5.74) is 9.99. The Morgan fingerprint density at radius 2 is 1.54 bits per heavy atom. The molecule has 0 amide bonds. The fourth-order valence-electron chi connectivity index (χ4n) is 4.34. The van der Waals surface area contributed by atoms with Crippen molar-refractivity contribution in [3.63, 3.8) is 0 Å². The smallest absolute Gasteiger partial charge is 0.0307 e. The molecule has 1 aliphatic rings. The van der Waals surface area contributed by atoms with Crippen LogP contribution < -0.4 is 0 Å². The molecule has 24 heavy (non-hydrogen) atoms. The summed E-state index contributed by atoms with van der Waals surface area (Å²) in [6, 6.07) is 15.7. The first-order valence-electron chi connectivity index (χ1n) is 8.97. The van der Waals surface area contributed by atoms with Crippen molar-refractivity contribution < 1.29 is 0 Å². The Morgan fingerprint density at radius 3 is 2.12 bits per heavy atom. The first-order valence-corrected chi connectivity index (χ1v) is 8.97. The maximum Gasteiger partial charge on any atom is 0.0307 e. The predicted molar refractivity (Wildman–Crippen MR) is 105 cm³/mol. The van der Waals surface area contributed by atoms with E-state index in [0.29, 0.717) is 11.8 Å². The minimum atomic E-state index is 0.359. The zero-order valence-corrected chi connectivity index (χ0v) is 15.6. The first-order chi connectivity index (χ1) is 11.5. The van der Waals surface area contributed by atoms with E-state index in [0.717, 1.165) is 6.42 Å². The van der Waals surface area contributed by atoms with Crippen molar-refractivity contribution in [3.05, 3.63) is 93.6 Å². The number of aryl methyl sites for hydroxylation is 3. The average Bonchev–Trinajstić information content (AvgIpc) is 2.50. The van der Waals surface area contributed by atoms with Gasteiger partial charge in [0.25, 0.3) is 0 Å². The molecule has 2 atom stereocenters. The number of hydrogen-bond donors (Lipinski definition) is 0. The quantitative estimate of drug-likeness (QED) is 0.594. The van der Waals surface area contributed by atoms with Crippen LogP contribution in [0.2, 0.25) is 0 Å². The number of allylic oxidation sites excluding steroid dienone is 4. The van der Waals surface area contributed by atoms with E-state index < -0.39 is 0 Å². The van der Waals surface area contributed by atoms with Gasteiger partial charge in [-0.05, 0) is 62.3 Å². The lowest BCUT2D eigenvalue weighted by molar-refractivity contribution is 0.664. The lowest BCUT2D eigenvalue weighted by Gasteiger charge is -2.29. The van der Waals surface area contributed by atoms with Gasteiger partial charge in [0.15, 0.2) is 0 Å². The van der Waals surface area contributed by atoms with E-state index in [4.69, 9.17) is 0 Å². The van der Waals surface area contributed by atoms with Gasteiger partial charge >= 0.3 is 0 Å². The fourth-order valence-corrected chi connectivity index (χ4v) is 4.34. The van der Waals surface area contributed by atoms with Crippen LogP contribution in [0.1, 0.15) is 54.0 Å². The topological polar surface area (TPSA) is 0 Å². The Bertz CT molecular complexity index is 767. The molecule has 0 fully saturated rings. The van der Waals surface area contributed by atoms with Crippen LogP contribution >= 0.6 is 0 Å². The van der Waals surface area contributed by atoms with E-state index in [1.165, 1.54) is 33.4 Å². The Balaban J connectivity index is 2.20. The standard InChI is InChI=1S/C24H28/c1-16-11-17(2)15-22(14-16)24(21-9-7-6-8-10-21)23-19(4)12-18(3)13-20(23)5/h6-14,17,24H,15H2,1-5H3. The molecule has 0 nitrogen and oxygen atoms in total. The molecule has 0 saturated heterocycles. The minimum absolute atomic E-state index is 0.359. The normalized spacial score (nSPS) is 18.8. The van der Waals surface area contributed by atoms with Crippen LogP contribution in [0.25, 0.3) is 0 Å². The molecule has 2 unspecified atom stereocenters. The molecule has 3 rings (SSSR count). The second-order valence-corrected chi connectivity index (χ2v) is 7.47. The predicted octanol–water partition coefficient (Wildman–Crippen LogP) is 6.66. The van der Waals surface area contributed by atoms with Gasteiger partial charge in [-0.25, -0.2) is 0 Å². The van der Waals surface area contributed by atoms with Crippen molar-refractivity contribution in [1.29, 1.82) is 0 Å². The number of hydrogen-bond acceptors (Lipinski definition) is 0. The molecular formula is C24H28. The first kappa shape index (κ1) is 16.8. The zero-order valence-electron chi connectivity index (χ0n) is 15.6. The van der Waals surface area contributed by atoms with Gasteiger partial charge in [-0.2, -0.15) is 0 Å². The van der Waals surface area contributed by atoms with Gasteiger partial charge < -0.3 is 0 Å². The van der Waals surface area contributed by atoms with Gasteiger partial charge in [-0.1, -0.05) is 78.3 Å². The van der Waals surface area contributed by atoms with E-state index >= 15 is 0 Å². The van der Waals surface area contributed by atoms with Gasteiger partial charge in [0, 0.05) is 5.92 Å². The molecule has 0 aromatic heterocycles. The third kappa shape index (κ3) is 3.38. The summed E-state index contributed by atoms with van der Waals surface area (Å²) in [4.78, 5) is 0. The van der Waals surface area contributed by atoms with E-state index in [-0.39, 0.29) is 0 Å². The van der Waals surface area contributed by atoms with Gasteiger partial charge in [0.2, 0.25) is 0 Å². The molecule has 1 aliphatic carbocycles. The summed E-state index contributed by atoms with van der Waals surface area (Å²) >= 11 is 0. The number of benzene rings is 2. The van der Waals surface area contributed by atoms with Gasteiger partial charge in [0.05, 0.1) is 0 Å². The van der Waals surface area contributed by atoms with E-state index in [2.05, 4.69) is 89.2 Å². The molecule has 0 aliphatic heterocycles. The monoisotopic (exact) mass is 316 g/mol. The molecule has 0 bridgehead atoms. The molecule has 0 heterocycles. The van der Waals surface area contributed by atoms with Crippen molar-refractivity contribution in [1.82, 2.24) is 0 Å². The van der Waals surface area contributed by atoms with Crippen molar-refractivity contribution in [2.24, 2.45) is 5.92 Å². The van der Waals surface area contributed by atoms with Crippen LogP contribution in [0.15, 0.2) is 65.8 Å². The van der Waals surface area contributed by atoms with Gasteiger partial charge in [-0.3, -0.25) is 0 Å². The molecule has 0 radical (unpaired) electrons. The lowest BCUT2D eigenvalue weighted by Crippen LogP contribution is -2.13. The molecule has 0 spiro atoms. The molecule has 2 aromatic carbocycles. The highest BCUT2D eigenvalue weighted by molar-refractivity contribution is 5.51. The summed E-state index contributed by atoms with van der Waals surface area (Å²) in [5.74, 6) is 0.972. The summed E-state index contributed by atoms with van der Waals surface area (Å²) in [6.07, 6.45) is 5.94. The third-order valence-corrected chi connectivity index (χ3v) is 5.05. The fraction of sp³-hybridized carbons (Fsp3) is 0.333. The second kappa shape index (κ2) is 6.81. The van der Waals surface area contributed by atoms with Crippen molar-refractivity contribution >= 4 is 0 Å². The van der Waals surface area contributed by atoms with Gasteiger partial charge in [0.1, 0.15) is 0 Å². The lowest BCUT2D eigenvalue weighted by atomic mass is 9.75. The summed E-state index contributed by atoms with van der Waals surface area (Å²) in [7, 11) is 0. The summed E-state index contributed by atoms with van der Waals surface area (Å²) in [6.45, 7) is 11.3. The Kier molecular flexibility index (Phi) is 4.76.